The van der Waals surface area contributed by atoms with Crippen LogP contribution in [0, 0.1) is 6.92 Å². The van der Waals surface area contributed by atoms with E-state index in [1.807, 2.05) is 0 Å². The molecule has 0 fully saturated rings. The number of hydrogen-bond acceptors (Lipinski definition) is 3. The Morgan fingerprint density at radius 2 is 2.25 bits per heavy atom. The van der Waals surface area contributed by atoms with Gasteiger partial charge in [0.2, 0.25) is 0 Å². The van der Waals surface area contributed by atoms with Crippen molar-refractivity contribution >= 4 is 5.91 Å². The molecule has 0 aromatic carbocycles. The van der Waals surface area contributed by atoms with E-state index in [0.717, 1.165) is 0 Å². The number of primary amides is 1. The molecule has 64 valence electrons. The zero-order valence-electron chi connectivity index (χ0n) is 6.42. The molecule has 1 rings (SSSR count). The topological polar surface area (TPSA) is 96.2 Å². The van der Waals surface area contributed by atoms with E-state index < -0.39 is 17.0 Å². The van der Waals surface area contributed by atoms with E-state index in [-0.39, 0.29) is 5.75 Å². The average molecular weight is 168 g/mol. The zero-order valence-corrected chi connectivity index (χ0v) is 6.42. The second kappa shape index (κ2) is 2.69. The number of aromatic hydroxyl groups is 1. The molecule has 0 aliphatic carbocycles. The monoisotopic (exact) mass is 168 g/mol. The molecule has 0 bridgehead atoms. The Balaban J connectivity index is 3.49. The second-order valence-corrected chi connectivity index (χ2v) is 2.41. The summed E-state index contributed by atoms with van der Waals surface area (Å²) in [6.07, 6.45) is 0. The normalized spacial score (nSPS) is 9.75. The molecular weight excluding hydrogens is 160 g/mol. The van der Waals surface area contributed by atoms with Gasteiger partial charge in [-0.15, -0.1) is 0 Å². The lowest BCUT2D eigenvalue weighted by Crippen LogP contribution is -2.23. The molecule has 1 aromatic rings. The van der Waals surface area contributed by atoms with Gasteiger partial charge in [-0.1, -0.05) is 0 Å². The van der Waals surface area contributed by atoms with Gasteiger partial charge in [-0.3, -0.25) is 9.59 Å². The highest BCUT2D eigenvalue weighted by Gasteiger charge is 2.12. The molecule has 0 atom stereocenters. The number of H-pyrrole nitrogens is 1. The molecule has 0 unspecified atom stereocenters. The maximum absolute atomic E-state index is 11.0. The number of hydrogen-bond donors (Lipinski definition) is 3. The maximum Gasteiger partial charge on any atom is 0.264 e. The molecule has 0 saturated heterocycles. The lowest BCUT2D eigenvalue weighted by Gasteiger charge is -1.99. The van der Waals surface area contributed by atoms with E-state index in [2.05, 4.69) is 4.98 Å². The number of aryl methyl sites for hydroxylation is 1. The van der Waals surface area contributed by atoms with E-state index in [0.29, 0.717) is 5.69 Å². The minimum Gasteiger partial charge on any atom is -0.507 e. The maximum atomic E-state index is 11.0. The highest BCUT2D eigenvalue weighted by Crippen LogP contribution is 2.11. The molecule has 1 amide bonds. The number of nitrogens with one attached hydrogen (secondary N) is 1. The average Bonchev–Trinajstić information content (AvgIpc) is 1.82. The standard InChI is InChI=1S/C7H8N2O3/c1-3-2-4(10)5(6(8)11)7(12)9-3/h2H,1H3,(H2,8,11)(H2,9,10,12). The lowest BCUT2D eigenvalue weighted by atomic mass is 10.2. The molecule has 4 N–H and O–H groups in total. The fourth-order valence-corrected chi connectivity index (χ4v) is 0.909. The van der Waals surface area contributed by atoms with Crippen LogP contribution in [0.4, 0.5) is 0 Å². The van der Waals surface area contributed by atoms with Gasteiger partial charge < -0.3 is 15.8 Å². The molecule has 0 spiro atoms. The van der Waals surface area contributed by atoms with Crippen molar-refractivity contribution in [3.8, 4) is 5.75 Å². The van der Waals surface area contributed by atoms with Gasteiger partial charge in [0.1, 0.15) is 11.3 Å². The number of aromatic nitrogens is 1. The predicted octanol–water partition coefficient (Wildman–Crippen LogP) is -0.512. The SMILES string of the molecule is Cc1cc(O)c(C(N)=O)c(=O)[nH]1. The highest BCUT2D eigenvalue weighted by molar-refractivity contribution is 5.95. The summed E-state index contributed by atoms with van der Waals surface area (Å²) in [5, 5.41) is 9.12. The minimum atomic E-state index is -0.936. The first kappa shape index (κ1) is 8.32. The van der Waals surface area contributed by atoms with Crippen LogP contribution in [-0.2, 0) is 0 Å². The van der Waals surface area contributed by atoms with Crippen molar-refractivity contribution in [3.05, 3.63) is 27.7 Å². The largest absolute Gasteiger partial charge is 0.507 e. The molecule has 1 heterocycles. The van der Waals surface area contributed by atoms with E-state index >= 15 is 0 Å². The van der Waals surface area contributed by atoms with Crippen LogP contribution < -0.4 is 11.3 Å². The van der Waals surface area contributed by atoms with Crippen LogP contribution in [0.25, 0.3) is 0 Å². The van der Waals surface area contributed by atoms with Crippen LogP contribution in [0.5, 0.6) is 5.75 Å². The Hall–Kier alpha value is -1.78. The van der Waals surface area contributed by atoms with Crippen molar-refractivity contribution in [2.75, 3.05) is 0 Å². The van der Waals surface area contributed by atoms with E-state index in [9.17, 15) is 9.59 Å². The third-order valence-electron chi connectivity index (χ3n) is 1.39. The molecule has 0 aliphatic rings. The van der Waals surface area contributed by atoms with Crippen LogP contribution in [-0.4, -0.2) is 16.0 Å². The quantitative estimate of drug-likeness (QED) is 0.526. The van der Waals surface area contributed by atoms with Gasteiger partial charge in [0.25, 0.3) is 11.5 Å². The van der Waals surface area contributed by atoms with E-state index in [1.165, 1.54) is 6.07 Å². The lowest BCUT2D eigenvalue weighted by molar-refractivity contribution is 0.0996. The number of carbonyl (C=O) groups excluding carboxylic acids is 1. The molecular formula is C7H8N2O3. The third-order valence-corrected chi connectivity index (χ3v) is 1.39. The number of amides is 1. The number of carbonyl (C=O) groups is 1. The Kier molecular flexibility index (Phi) is 1.86. The van der Waals surface area contributed by atoms with Crippen molar-refractivity contribution in [1.82, 2.24) is 4.98 Å². The predicted molar refractivity (Wildman–Crippen MR) is 42.0 cm³/mol. The van der Waals surface area contributed by atoms with Crippen LogP contribution in [0.1, 0.15) is 16.1 Å². The Labute approximate surface area is 67.8 Å². The second-order valence-electron chi connectivity index (χ2n) is 2.41. The molecule has 5 nitrogen and oxygen atoms in total. The smallest absolute Gasteiger partial charge is 0.264 e. The number of aromatic amines is 1. The van der Waals surface area contributed by atoms with Gasteiger partial charge in [0, 0.05) is 5.69 Å². The van der Waals surface area contributed by atoms with Gasteiger partial charge in [-0.2, -0.15) is 0 Å². The summed E-state index contributed by atoms with van der Waals surface area (Å²) in [4.78, 5) is 23.9. The molecule has 0 radical (unpaired) electrons. The third kappa shape index (κ3) is 1.29. The van der Waals surface area contributed by atoms with Crippen LogP contribution in [0.2, 0.25) is 0 Å². The van der Waals surface area contributed by atoms with E-state index in [4.69, 9.17) is 10.8 Å². The van der Waals surface area contributed by atoms with E-state index in [1.54, 1.807) is 6.92 Å². The van der Waals surface area contributed by atoms with Crippen molar-refractivity contribution in [2.45, 2.75) is 6.92 Å². The molecule has 12 heavy (non-hydrogen) atoms. The van der Waals surface area contributed by atoms with Gasteiger partial charge in [-0.05, 0) is 13.0 Å². The Bertz CT molecular complexity index is 381. The van der Waals surface area contributed by atoms with Crippen molar-refractivity contribution in [2.24, 2.45) is 5.73 Å². The number of pyridine rings is 1. The Morgan fingerprint density at radius 3 is 2.67 bits per heavy atom. The van der Waals surface area contributed by atoms with Gasteiger partial charge in [0.05, 0.1) is 0 Å². The molecule has 5 heteroatoms. The van der Waals surface area contributed by atoms with Crippen molar-refractivity contribution in [1.29, 1.82) is 0 Å². The van der Waals surface area contributed by atoms with Crippen LogP contribution in [0.3, 0.4) is 0 Å². The van der Waals surface area contributed by atoms with Crippen molar-refractivity contribution < 1.29 is 9.90 Å². The number of rotatable bonds is 1. The summed E-state index contributed by atoms with van der Waals surface area (Å²) >= 11 is 0. The minimum absolute atomic E-state index is 0.385. The number of nitrogens with two attached hydrogens (primary N) is 1. The van der Waals surface area contributed by atoms with Gasteiger partial charge in [-0.25, -0.2) is 0 Å². The fraction of sp³-hybridized carbons (Fsp3) is 0.143. The summed E-state index contributed by atoms with van der Waals surface area (Å²) in [6, 6.07) is 1.27. The first-order chi connectivity index (χ1) is 5.52. The summed E-state index contributed by atoms with van der Waals surface area (Å²) in [7, 11) is 0. The van der Waals surface area contributed by atoms with Gasteiger partial charge >= 0.3 is 0 Å². The summed E-state index contributed by atoms with van der Waals surface area (Å²) in [5.74, 6) is -1.32. The highest BCUT2D eigenvalue weighted by atomic mass is 16.3. The fourth-order valence-electron chi connectivity index (χ4n) is 0.909. The molecule has 0 aliphatic heterocycles. The summed E-state index contributed by atoms with van der Waals surface area (Å²) in [5.41, 5.74) is 4.25. The molecule has 1 aromatic heterocycles. The summed E-state index contributed by atoms with van der Waals surface area (Å²) < 4.78 is 0. The zero-order chi connectivity index (χ0) is 9.30. The van der Waals surface area contributed by atoms with Gasteiger partial charge in [0.15, 0.2) is 0 Å². The first-order valence-electron chi connectivity index (χ1n) is 3.25. The summed E-state index contributed by atoms with van der Waals surface area (Å²) in [6.45, 7) is 1.59. The Morgan fingerprint density at radius 1 is 1.67 bits per heavy atom. The molecule has 0 saturated carbocycles. The van der Waals surface area contributed by atoms with Crippen LogP contribution in [0.15, 0.2) is 10.9 Å². The van der Waals surface area contributed by atoms with Crippen molar-refractivity contribution in [3.63, 3.8) is 0 Å². The first-order valence-corrected chi connectivity index (χ1v) is 3.25. The van der Waals surface area contributed by atoms with Crippen LogP contribution >= 0.6 is 0 Å².